The SMILES string of the molecule is Cl.NCC1CCCCN1S(=O)(=O)c1ccc2c(c1)CCCO2. The van der Waals surface area contributed by atoms with E-state index >= 15 is 0 Å². The van der Waals surface area contributed by atoms with Gasteiger partial charge in [-0.05, 0) is 49.4 Å². The molecule has 22 heavy (non-hydrogen) atoms. The number of aryl methyl sites for hydroxylation is 1. The summed E-state index contributed by atoms with van der Waals surface area (Å²) in [6.07, 6.45) is 4.62. The van der Waals surface area contributed by atoms with Gasteiger partial charge in [-0.1, -0.05) is 6.42 Å². The molecule has 2 aliphatic rings. The number of hydrogen-bond acceptors (Lipinski definition) is 4. The molecule has 5 nitrogen and oxygen atoms in total. The second-order valence-corrected chi connectivity index (χ2v) is 7.61. The standard InChI is InChI=1S/C15H22N2O3S.ClH/c16-11-13-5-1-2-8-17(13)21(18,19)14-6-7-15-12(10-14)4-3-9-20-15;/h6-7,10,13H,1-5,8-9,11,16H2;1H. The third kappa shape index (κ3) is 3.25. The monoisotopic (exact) mass is 346 g/mol. The van der Waals surface area contributed by atoms with Crippen LogP contribution in [0, 0.1) is 0 Å². The number of hydrogen-bond donors (Lipinski definition) is 1. The van der Waals surface area contributed by atoms with E-state index in [9.17, 15) is 8.42 Å². The third-order valence-corrected chi connectivity index (χ3v) is 6.28. The number of piperidine rings is 1. The number of benzene rings is 1. The molecule has 1 atom stereocenters. The van der Waals surface area contributed by atoms with E-state index in [-0.39, 0.29) is 18.4 Å². The number of nitrogens with zero attached hydrogens (tertiary/aromatic N) is 1. The number of sulfonamides is 1. The fourth-order valence-electron chi connectivity index (χ4n) is 3.16. The molecule has 1 fully saturated rings. The lowest BCUT2D eigenvalue weighted by Crippen LogP contribution is -2.47. The maximum absolute atomic E-state index is 12.9. The van der Waals surface area contributed by atoms with Crippen LogP contribution in [0.25, 0.3) is 0 Å². The first-order chi connectivity index (χ1) is 10.1. The normalized spacial score (nSPS) is 22.3. The van der Waals surface area contributed by atoms with Crippen LogP contribution in [0.3, 0.4) is 0 Å². The lowest BCUT2D eigenvalue weighted by atomic mass is 10.1. The molecule has 0 amide bonds. The van der Waals surface area contributed by atoms with Gasteiger partial charge in [-0.2, -0.15) is 4.31 Å². The number of ether oxygens (including phenoxy) is 1. The van der Waals surface area contributed by atoms with Gasteiger partial charge in [0, 0.05) is 19.1 Å². The number of fused-ring (bicyclic) bond motifs is 1. The third-order valence-electron chi connectivity index (χ3n) is 4.33. The van der Waals surface area contributed by atoms with Crippen LogP contribution in [0.5, 0.6) is 5.75 Å². The minimum Gasteiger partial charge on any atom is -0.493 e. The molecule has 0 spiro atoms. The molecule has 2 aliphatic heterocycles. The first-order valence-electron chi connectivity index (χ1n) is 7.60. The summed E-state index contributed by atoms with van der Waals surface area (Å²) in [5.41, 5.74) is 6.74. The van der Waals surface area contributed by atoms with Crippen LogP contribution in [-0.2, 0) is 16.4 Å². The maximum atomic E-state index is 12.9. The van der Waals surface area contributed by atoms with Crippen molar-refractivity contribution in [2.45, 2.75) is 43.0 Å². The quantitative estimate of drug-likeness (QED) is 0.907. The molecule has 1 aromatic carbocycles. The van der Waals surface area contributed by atoms with E-state index in [4.69, 9.17) is 10.5 Å². The van der Waals surface area contributed by atoms with E-state index in [1.165, 1.54) is 0 Å². The fourth-order valence-corrected chi connectivity index (χ4v) is 4.91. The van der Waals surface area contributed by atoms with Crippen LogP contribution in [-0.4, -0.2) is 38.5 Å². The van der Waals surface area contributed by atoms with Crippen molar-refractivity contribution in [2.75, 3.05) is 19.7 Å². The van der Waals surface area contributed by atoms with Crippen LogP contribution in [0.15, 0.2) is 23.1 Å². The van der Waals surface area contributed by atoms with Crippen LogP contribution in [0.2, 0.25) is 0 Å². The van der Waals surface area contributed by atoms with Crippen molar-refractivity contribution in [3.8, 4) is 5.75 Å². The minimum atomic E-state index is -3.46. The van der Waals surface area contributed by atoms with Crippen molar-refractivity contribution in [3.63, 3.8) is 0 Å². The molecule has 1 saturated heterocycles. The van der Waals surface area contributed by atoms with Gasteiger partial charge < -0.3 is 10.5 Å². The molecule has 124 valence electrons. The van der Waals surface area contributed by atoms with Crippen molar-refractivity contribution in [1.82, 2.24) is 4.31 Å². The zero-order chi connectivity index (χ0) is 14.9. The van der Waals surface area contributed by atoms with E-state index in [2.05, 4.69) is 0 Å². The molecule has 0 aliphatic carbocycles. The summed E-state index contributed by atoms with van der Waals surface area (Å²) < 4.78 is 32.9. The summed E-state index contributed by atoms with van der Waals surface area (Å²) in [5.74, 6) is 0.814. The van der Waals surface area contributed by atoms with Crippen LogP contribution < -0.4 is 10.5 Å². The Hall–Kier alpha value is -0.820. The van der Waals surface area contributed by atoms with Gasteiger partial charge in [-0.15, -0.1) is 12.4 Å². The van der Waals surface area contributed by atoms with Crippen molar-refractivity contribution in [2.24, 2.45) is 5.73 Å². The first-order valence-corrected chi connectivity index (χ1v) is 9.04. The van der Waals surface area contributed by atoms with Gasteiger partial charge in [0.2, 0.25) is 10.0 Å². The van der Waals surface area contributed by atoms with Gasteiger partial charge in [0.05, 0.1) is 11.5 Å². The minimum absolute atomic E-state index is 0. The van der Waals surface area contributed by atoms with Crippen molar-refractivity contribution in [3.05, 3.63) is 23.8 Å². The van der Waals surface area contributed by atoms with Gasteiger partial charge in [0.15, 0.2) is 0 Å². The topological polar surface area (TPSA) is 72.6 Å². The smallest absolute Gasteiger partial charge is 0.243 e. The number of rotatable bonds is 3. The van der Waals surface area contributed by atoms with Crippen LogP contribution >= 0.6 is 12.4 Å². The van der Waals surface area contributed by atoms with Crippen LogP contribution in [0.4, 0.5) is 0 Å². The Morgan fingerprint density at radius 2 is 2.09 bits per heavy atom. The lowest BCUT2D eigenvalue weighted by Gasteiger charge is -2.34. The van der Waals surface area contributed by atoms with Crippen molar-refractivity contribution in [1.29, 1.82) is 0 Å². The van der Waals surface area contributed by atoms with Gasteiger partial charge in [0.1, 0.15) is 5.75 Å². The highest BCUT2D eigenvalue weighted by atomic mass is 35.5. The Labute approximate surface area is 138 Å². The molecule has 0 radical (unpaired) electrons. The first kappa shape index (κ1) is 17.5. The molecule has 0 aromatic heterocycles. The highest BCUT2D eigenvalue weighted by molar-refractivity contribution is 7.89. The summed E-state index contributed by atoms with van der Waals surface area (Å²) in [4.78, 5) is 0.368. The van der Waals surface area contributed by atoms with Gasteiger partial charge >= 0.3 is 0 Å². The molecular weight excluding hydrogens is 324 g/mol. The van der Waals surface area contributed by atoms with Gasteiger partial charge in [-0.25, -0.2) is 8.42 Å². The predicted octanol–water partition coefficient (Wildman–Crippen LogP) is 1.94. The Morgan fingerprint density at radius 3 is 2.86 bits per heavy atom. The highest BCUT2D eigenvalue weighted by Gasteiger charge is 2.33. The van der Waals surface area contributed by atoms with E-state index < -0.39 is 10.0 Å². The summed E-state index contributed by atoms with van der Waals surface area (Å²) in [7, 11) is -3.46. The Kier molecular flexibility index (Phi) is 5.71. The lowest BCUT2D eigenvalue weighted by molar-refractivity contribution is 0.257. The molecule has 1 unspecified atom stereocenters. The summed E-state index contributed by atoms with van der Waals surface area (Å²) >= 11 is 0. The molecule has 2 N–H and O–H groups in total. The number of nitrogens with two attached hydrogens (primary N) is 1. The molecule has 1 aromatic rings. The Bertz CT molecular complexity index is 621. The predicted molar refractivity (Wildman–Crippen MR) is 88.1 cm³/mol. The number of halogens is 1. The van der Waals surface area contributed by atoms with E-state index in [0.717, 1.165) is 43.4 Å². The molecule has 7 heteroatoms. The van der Waals surface area contributed by atoms with E-state index in [0.29, 0.717) is 24.6 Å². The second-order valence-electron chi connectivity index (χ2n) is 5.72. The summed E-state index contributed by atoms with van der Waals surface area (Å²) in [6.45, 7) is 1.66. The average molecular weight is 347 g/mol. The Balaban J connectivity index is 0.00000176. The maximum Gasteiger partial charge on any atom is 0.243 e. The Morgan fingerprint density at radius 1 is 1.27 bits per heavy atom. The fraction of sp³-hybridized carbons (Fsp3) is 0.600. The van der Waals surface area contributed by atoms with E-state index in [1.54, 1.807) is 22.5 Å². The molecule has 0 saturated carbocycles. The molecular formula is C15H23ClN2O3S. The molecule has 2 heterocycles. The van der Waals surface area contributed by atoms with Crippen LogP contribution in [0.1, 0.15) is 31.2 Å². The average Bonchev–Trinajstić information content (AvgIpc) is 2.54. The highest BCUT2D eigenvalue weighted by Crippen LogP contribution is 2.30. The zero-order valence-corrected chi connectivity index (χ0v) is 14.2. The second kappa shape index (κ2) is 7.17. The summed E-state index contributed by atoms with van der Waals surface area (Å²) in [6, 6.07) is 5.13. The molecule has 3 rings (SSSR count). The van der Waals surface area contributed by atoms with Crippen molar-refractivity contribution >= 4 is 22.4 Å². The zero-order valence-electron chi connectivity index (χ0n) is 12.5. The summed E-state index contributed by atoms with van der Waals surface area (Å²) in [5, 5.41) is 0. The van der Waals surface area contributed by atoms with Crippen molar-refractivity contribution < 1.29 is 13.2 Å². The largest absolute Gasteiger partial charge is 0.493 e. The van der Waals surface area contributed by atoms with E-state index in [1.807, 2.05) is 0 Å². The molecule has 0 bridgehead atoms. The van der Waals surface area contributed by atoms with Gasteiger partial charge in [-0.3, -0.25) is 0 Å². The van der Waals surface area contributed by atoms with Gasteiger partial charge in [0.25, 0.3) is 0 Å².